The van der Waals surface area contributed by atoms with Gasteiger partial charge < -0.3 is 9.90 Å². The first kappa shape index (κ1) is 13.4. The summed E-state index contributed by atoms with van der Waals surface area (Å²) >= 11 is 0. The fourth-order valence-electron chi connectivity index (χ4n) is 1.08. The van der Waals surface area contributed by atoms with Gasteiger partial charge in [-0.1, -0.05) is 29.8 Å². The van der Waals surface area contributed by atoms with Crippen LogP contribution < -0.4 is 34.7 Å². The Kier molecular flexibility index (Phi) is 5.77. The van der Waals surface area contributed by atoms with Gasteiger partial charge in [0, 0.05) is 0 Å². The summed E-state index contributed by atoms with van der Waals surface area (Å²) in [6.45, 7) is 3.74. The molecule has 0 aliphatic rings. The summed E-state index contributed by atoms with van der Waals surface area (Å²) in [5, 5.41) is 10.3. The van der Waals surface area contributed by atoms with Crippen molar-refractivity contribution in [2.24, 2.45) is 0 Å². The first-order valence-corrected chi connectivity index (χ1v) is 4.06. The minimum Gasteiger partial charge on any atom is -0.545 e. The van der Waals surface area contributed by atoms with Crippen molar-refractivity contribution in [1.82, 2.24) is 0 Å². The molecule has 0 aliphatic carbocycles. The van der Waals surface area contributed by atoms with Crippen LogP contribution in [0.2, 0.25) is 0 Å². The second-order valence-corrected chi connectivity index (χ2v) is 3.01. The van der Waals surface area contributed by atoms with E-state index in [2.05, 4.69) is 0 Å². The Morgan fingerprint density at radius 2 is 1.79 bits per heavy atom. The Balaban J connectivity index is 0.00000169. The molecule has 2 nitrogen and oxygen atoms in total. The Labute approximate surface area is 106 Å². The van der Waals surface area contributed by atoms with Crippen molar-refractivity contribution < 1.29 is 39.5 Å². The van der Waals surface area contributed by atoms with Gasteiger partial charge in [-0.3, -0.25) is 0 Å². The summed E-state index contributed by atoms with van der Waals surface area (Å²) in [5.41, 5.74) is 2.78. The van der Waals surface area contributed by atoms with Crippen LogP contribution in [0.15, 0.2) is 30.3 Å². The van der Waals surface area contributed by atoms with Gasteiger partial charge in [0.25, 0.3) is 0 Å². The van der Waals surface area contributed by atoms with E-state index in [-0.39, 0.29) is 29.6 Å². The number of hydrogen-bond donors (Lipinski definition) is 0. The summed E-state index contributed by atoms with van der Waals surface area (Å²) in [6, 6.07) is 7.68. The van der Waals surface area contributed by atoms with E-state index in [0.717, 1.165) is 17.2 Å². The largest absolute Gasteiger partial charge is 1.00 e. The van der Waals surface area contributed by atoms with Crippen molar-refractivity contribution in [3.63, 3.8) is 0 Å². The van der Waals surface area contributed by atoms with Gasteiger partial charge in [0.2, 0.25) is 0 Å². The maximum atomic E-state index is 10.3. The number of carbonyl (C=O) groups is 1. The predicted molar refractivity (Wildman–Crippen MR) is 49.8 cm³/mol. The van der Waals surface area contributed by atoms with Crippen LogP contribution in [0.25, 0.3) is 5.57 Å². The summed E-state index contributed by atoms with van der Waals surface area (Å²) in [5.74, 6) is -1.15. The zero-order chi connectivity index (χ0) is 9.84. The molecular formula is C11H11NaO2. The van der Waals surface area contributed by atoms with Gasteiger partial charge in [0.1, 0.15) is 0 Å². The molecule has 0 bridgehead atoms. The minimum absolute atomic E-state index is 0. The topological polar surface area (TPSA) is 40.1 Å². The number of benzene rings is 1. The molecule has 0 unspecified atom stereocenters. The Hall–Kier alpha value is -0.570. The van der Waals surface area contributed by atoms with E-state index in [4.69, 9.17) is 0 Å². The molecule has 0 N–H and O–H groups in total. The summed E-state index contributed by atoms with van der Waals surface area (Å²) in [6.07, 6.45) is 1.10. The van der Waals surface area contributed by atoms with Crippen LogP contribution in [0.4, 0.5) is 0 Å². The molecule has 1 aromatic carbocycles. The Morgan fingerprint density at radius 1 is 1.29 bits per heavy atom. The molecule has 0 aliphatic heterocycles. The fourth-order valence-corrected chi connectivity index (χ4v) is 1.08. The molecule has 1 aromatic rings. The first-order chi connectivity index (χ1) is 6.09. The summed E-state index contributed by atoms with van der Waals surface area (Å²) in [7, 11) is 0. The zero-order valence-electron chi connectivity index (χ0n) is 8.70. The van der Waals surface area contributed by atoms with Crippen LogP contribution in [-0.2, 0) is 4.79 Å². The van der Waals surface area contributed by atoms with Gasteiger partial charge in [-0.2, -0.15) is 0 Å². The van der Waals surface area contributed by atoms with Gasteiger partial charge in [-0.05, 0) is 31.1 Å². The van der Waals surface area contributed by atoms with Crippen molar-refractivity contribution >= 4 is 11.5 Å². The van der Waals surface area contributed by atoms with Crippen molar-refractivity contribution in [2.45, 2.75) is 13.8 Å². The molecule has 14 heavy (non-hydrogen) atoms. The molecule has 68 valence electrons. The third-order valence-corrected chi connectivity index (χ3v) is 1.84. The third kappa shape index (κ3) is 4.09. The van der Waals surface area contributed by atoms with E-state index in [1.54, 1.807) is 6.92 Å². The third-order valence-electron chi connectivity index (χ3n) is 1.84. The second-order valence-electron chi connectivity index (χ2n) is 3.01. The van der Waals surface area contributed by atoms with Crippen LogP contribution >= 0.6 is 0 Å². The molecule has 0 radical (unpaired) electrons. The number of carboxylic acid groups (broad SMARTS) is 1. The molecular weight excluding hydrogens is 187 g/mol. The van der Waals surface area contributed by atoms with E-state index >= 15 is 0 Å². The molecule has 0 amide bonds. The smallest absolute Gasteiger partial charge is 0.545 e. The minimum atomic E-state index is -1.15. The van der Waals surface area contributed by atoms with Crippen molar-refractivity contribution in [1.29, 1.82) is 0 Å². The van der Waals surface area contributed by atoms with Gasteiger partial charge in [-0.25, -0.2) is 0 Å². The second kappa shape index (κ2) is 6.02. The van der Waals surface area contributed by atoms with Crippen LogP contribution in [0.1, 0.15) is 18.1 Å². The monoisotopic (exact) mass is 198 g/mol. The predicted octanol–water partition coefficient (Wildman–Crippen LogP) is -1.85. The van der Waals surface area contributed by atoms with Crippen LogP contribution in [-0.4, -0.2) is 5.97 Å². The molecule has 0 saturated carbocycles. The zero-order valence-corrected chi connectivity index (χ0v) is 10.7. The molecule has 0 fully saturated rings. The molecule has 0 atom stereocenters. The number of carbonyl (C=O) groups excluding carboxylic acids is 1. The van der Waals surface area contributed by atoms with Gasteiger partial charge in [0.05, 0.1) is 5.97 Å². The number of allylic oxidation sites excluding steroid dienone is 1. The van der Waals surface area contributed by atoms with Gasteiger partial charge in [-0.15, -0.1) is 0 Å². The maximum Gasteiger partial charge on any atom is 1.00 e. The van der Waals surface area contributed by atoms with Crippen molar-refractivity contribution in [2.75, 3.05) is 0 Å². The van der Waals surface area contributed by atoms with Gasteiger partial charge in [0.15, 0.2) is 0 Å². The first-order valence-electron chi connectivity index (χ1n) is 4.06. The Bertz CT molecular complexity index is 339. The van der Waals surface area contributed by atoms with Crippen LogP contribution in [0.5, 0.6) is 0 Å². The van der Waals surface area contributed by atoms with Crippen molar-refractivity contribution in [3.05, 3.63) is 41.5 Å². The Morgan fingerprint density at radius 3 is 2.21 bits per heavy atom. The van der Waals surface area contributed by atoms with E-state index in [0.29, 0.717) is 5.57 Å². The molecule has 3 heteroatoms. The van der Waals surface area contributed by atoms with E-state index < -0.39 is 5.97 Å². The standard InChI is InChI=1S/C11H12O2.Na/c1-8-3-5-10(6-4-8)9(2)7-11(12)13;/h3-7H,1-2H3,(H,12,13);/q;+1/p-1. The molecule has 0 saturated heterocycles. The van der Waals surface area contributed by atoms with Crippen LogP contribution in [0.3, 0.4) is 0 Å². The summed E-state index contributed by atoms with van der Waals surface area (Å²) in [4.78, 5) is 10.3. The number of hydrogen-bond acceptors (Lipinski definition) is 2. The number of aryl methyl sites for hydroxylation is 1. The fraction of sp³-hybridized carbons (Fsp3) is 0.182. The average molecular weight is 198 g/mol. The number of rotatable bonds is 2. The normalized spacial score (nSPS) is 10.6. The number of aliphatic carboxylic acids is 1. The van der Waals surface area contributed by atoms with E-state index in [1.165, 1.54) is 0 Å². The molecule has 0 heterocycles. The maximum absolute atomic E-state index is 10.3. The quantitative estimate of drug-likeness (QED) is 0.413. The van der Waals surface area contributed by atoms with E-state index in [9.17, 15) is 9.90 Å². The molecule has 0 aromatic heterocycles. The molecule has 0 spiro atoms. The molecule has 1 rings (SSSR count). The average Bonchev–Trinajstić information content (AvgIpc) is 2.04. The number of carboxylic acids is 1. The van der Waals surface area contributed by atoms with Crippen molar-refractivity contribution in [3.8, 4) is 0 Å². The van der Waals surface area contributed by atoms with E-state index in [1.807, 2.05) is 31.2 Å². The SMILES string of the molecule is CC(=CC(=O)[O-])c1ccc(C)cc1.[Na+]. The summed E-state index contributed by atoms with van der Waals surface area (Å²) < 4.78 is 0. The van der Waals surface area contributed by atoms with Gasteiger partial charge >= 0.3 is 29.6 Å². The van der Waals surface area contributed by atoms with Crippen LogP contribution in [0, 0.1) is 6.92 Å².